The number of benzene rings is 1. The first-order valence-corrected chi connectivity index (χ1v) is 7.04. The molecule has 0 saturated carbocycles. The van der Waals surface area contributed by atoms with Crippen molar-refractivity contribution in [2.45, 2.75) is 32.4 Å². The Kier molecular flexibility index (Phi) is 9.48. The minimum atomic E-state index is 0.431. The van der Waals surface area contributed by atoms with Crippen molar-refractivity contribution in [3.63, 3.8) is 0 Å². The molecule has 1 fully saturated rings. The molecule has 1 heterocycles. The lowest BCUT2D eigenvalue weighted by Gasteiger charge is -2.23. The number of rotatable bonds is 6. The van der Waals surface area contributed by atoms with Gasteiger partial charge in [0.1, 0.15) is 0 Å². The third-order valence-corrected chi connectivity index (χ3v) is 2.86. The molecule has 0 spiro atoms. The molecular formula is C15H24N2O3. The van der Waals surface area contributed by atoms with E-state index >= 15 is 0 Å². The van der Waals surface area contributed by atoms with Crippen molar-refractivity contribution in [3.05, 3.63) is 35.9 Å². The normalized spacial score (nSPS) is 17.8. The fourth-order valence-electron chi connectivity index (χ4n) is 1.84. The number of carbonyl (C=O) groups is 1. The number of piperidine rings is 1. The van der Waals surface area contributed by atoms with Crippen LogP contribution in [0.3, 0.4) is 0 Å². The third-order valence-electron chi connectivity index (χ3n) is 2.86. The third kappa shape index (κ3) is 7.89. The van der Waals surface area contributed by atoms with Gasteiger partial charge in [-0.2, -0.15) is 5.48 Å². The second-order valence-electron chi connectivity index (χ2n) is 4.49. The van der Waals surface area contributed by atoms with Gasteiger partial charge in [0.05, 0.1) is 13.2 Å². The van der Waals surface area contributed by atoms with E-state index in [0.717, 1.165) is 13.1 Å². The van der Waals surface area contributed by atoms with Gasteiger partial charge in [-0.1, -0.05) is 30.3 Å². The van der Waals surface area contributed by atoms with Crippen molar-refractivity contribution in [3.8, 4) is 0 Å². The highest BCUT2D eigenvalue weighted by Crippen LogP contribution is 2.03. The van der Waals surface area contributed by atoms with Crippen LogP contribution in [-0.2, 0) is 21.0 Å². The Morgan fingerprint density at radius 1 is 1.40 bits per heavy atom. The predicted octanol–water partition coefficient (Wildman–Crippen LogP) is 1.64. The number of hydrogen-bond donors (Lipinski definition) is 2. The predicted molar refractivity (Wildman–Crippen MR) is 77.9 cm³/mol. The highest BCUT2D eigenvalue weighted by molar-refractivity contribution is 5.36. The number of ether oxygens (including phenoxy) is 1. The molecule has 20 heavy (non-hydrogen) atoms. The van der Waals surface area contributed by atoms with Gasteiger partial charge in [0.25, 0.3) is 6.47 Å². The highest BCUT2D eigenvalue weighted by atomic mass is 16.6. The zero-order chi connectivity index (χ0) is 14.5. The molecule has 0 radical (unpaired) electrons. The standard InChI is InChI=1S/C12H18N2O.C3H6O2/c1-2-5-11(6-3-1)10-15-14-12-7-4-8-13-9-12;1-2-5-3-4/h1-3,5-6,12-14H,4,7-10H2;3H,2H2,1H3. The molecule has 112 valence electrons. The van der Waals surface area contributed by atoms with E-state index in [9.17, 15) is 4.79 Å². The molecule has 0 bridgehead atoms. The summed E-state index contributed by atoms with van der Waals surface area (Å²) >= 11 is 0. The Labute approximate surface area is 120 Å². The minimum absolute atomic E-state index is 0.431. The van der Waals surface area contributed by atoms with Gasteiger partial charge >= 0.3 is 0 Å². The molecule has 1 aromatic rings. The fourth-order valence-corrected chi connectivity index (χ4v) is 1.84. The topological polar surface area (TPSA) is 59.6 Å². The summed E-state index contributed by atoms with van der Waals surface area (Å²) < 4.78 is 4.15. The van der Waals surface area contributed by atoms with Crippen molar-refractivity contribution >= 4 is 6.47 Å². The second-order valence-corrected chi connectivity index (χ2v) is 4.49. The molecule has 2 N–H and O–H groups in total. The quantitative estimate of drug-likeness (QED) is 0.613. The van der Waals surface area contributed by atoms with E-state index in [2.05, 4.69) is 27.7 Å². The first-order valence-electron chi connectivity index (χ1n) is 7.04. The summed E-state index contributed by atoms with van der Waals surface area (Å²) in [7, 11) is 0. The molecule has 5 heteroatoms. The first-order chi connectivity index (χ1) is 9.86. The van der Waals surface area contributed by atoms with Crippen LogP contribution in [0, 0.1) is 0 Å². The van der Waals surface area contributed by atoms with Gasteiger partial charge in [0, 0.05) is 12.6 Å². The molecule has 2 rings (SSSR count). The number of hydrogen-bond acceptors (Lipinski definition) is 5. The van der Waals surface area contributed by atoms with Gasteiger partial charge in [0.15, 0.2) is 0 Å². The maximum Gasteiger partial charge on any atom is 0.293 e. The summed E-state index contributed by atoms with van der Waals surface area (Å²) in [5.41, 5.74) is 4.31. The van der Waals surface area contributed by atoms with Gasteiger partial charge in [0.2, 0.25) is 0 Å². The van der Waals surface area contributed by atoms with Crippen molar-refractivity contribution in [1.82, 2.24) is 10.8 Å². The van der Waals surface area contributed by atoms with Crippen molar-refractivity contribution < 1.29 is 14.4 Å². The van der Waals surface area contributed by atoms with E-state index in [1.165, 1.54) is 18.4 Å². The smallest absolute Gasteiger partial charge is 0.293 e. The van der Waals surface area contributed by atoms with Gasteiger partial charge in [-0.3, -0.25) is 9.63 Å². The van der Waals surface area contributed by atoms with Crippen molar-refractivity contribution in [1.29, 1.82) is 0 Å². The number of nitrogens with one attached hydrogen (secondary N) is 2. The van der Waals surface area contributed by atoms with Crippen LogP contribution in [0.15, 0.2) is 30.3 Å². The molecule has 1 aliphatic rings. The van der Waals surface area contributed by atoms with Crippen LogP contribution in [0.5, 0.6) is 0 Å². The molecule has 5 nitrogen and oxygen atoms in total. The summed E-state index contributed by atoms with van der Waals surface area (Å²) in [6, 6.07) is 10.7. The van der Waals surface area contributed by atoms with Crippen LogP contribution in [-0.4, -0.2) is 32.2 Å². The minimum Gasteiger partial charge on any atom is -0.468 e. The molecule has 1 aromatic carbocycles. The monoisotopic (exact) mass is 280 g/mol. The van der Waals surface area contributed by atoms with E-state index in [0.29, 0.717) is 25.7 Å². The van der Waals surface area contributed by atoms with Crippen molar-refractivity contribution in [2.75, 3.05) is 19.7 Å². The molecular weight excluding hydrogens is 256 g/mol. The van der Waals surface area contributed by atoms with Crippen LogP contribution >= 0.6 is 0 Å². The molecule has 0 aliphatic carbocycles. The molecule has 1 saturated heterocycles. The Balaban J connectivity index is 0.000000347. The van der Waals surface area contributed by atoms with Gasteiger partial charge in [-0.05, 0) is 31.9 Å². The lowest BCUT2D eigenvalue weighted by molar-refractivity contribution is -0.128. The average molecular weight is 280 g/mol. The Bertz CT molecular complexity index is 340. The fraction of sp³-hybridized carbons (Fsp3) is 0.533. The van der Waals surface area contributed by atoms with E-state index < -0.39 is 0 Å². The van der Waals surface area contributed by atoms with Crippen LogP contribution in [0.1, 0.15) is 25.3 Å². The summed E-state index contributed by atoms with van der Waals surface area (Å²) in [4.78, 5) is 14.7. The van der Waals surface area contributed by atoms with Crippen LogP contribution < -0.4 is 10.8 Å². The number of hydroxylamine groups is 1. The Morgan fingerprint density at radius 2 is 2.20 bits per heavy atom. The van der Waals surface area contributed by atoms with Crippen LogP contribution in [0.2, 0.25) is 0 Å². The summed E-state index contributed by atoms with van der Waals surface area (Å²) in [5.74, 6) is 0. The zero-order valence-corrected chi connectivity index (χ0v) is 12.0. The summed E-state index contributed by atoms with van der Waals surface area (Å²) in [6.45, 7) is 5.45. The maximum atomic E-state index is 9.18. The molecule has 0 amide bonds. The van der Waals surface area contributed by atoms with Gasteiger partial charge < -0.3 is 10.1 Å². The maximum absolute atomic E-state index is 9.18. The van der Waals surface area contributed by atoms with E-state index in [4.69, 9.17) is 4.84 Å². The zero-order valence-electron chi connectivity index (χ0n) is 12.0. The van der Waals surface area contributed by atoms with Gasteiger partial charge in [-0.15, -0.1) is 0 Å². The lowest BCUT2D eigenvalue weighted by atomic mass is 10.1. The average Bonchev–Trinajstić information content (AvgIpc) is 2.51. The van der Waals surface area contributed by atoms with Crippen molar-refractivity contribution in [2.24, 2.45) is 0 Å². The van der Waals surface area contributed by atoms with Crippen LogP contribution in [0.25, 0.3) is 0 Å². The lowest BCUT2D eigenvalue weighted by Crippen LogP contribution is -2.42. The molecule has 1 aliphatic heterocycles. The first kappa shape index (κ1) is 16.6. The summed E-state index contributed by atoms with van der Waals surface area (Å²) in [6.07, 6.45) is 2.42. The molecule has 1 atom stereocenters. The molecule has 0 aromatic heterocycles. The van der Waals surface area contributed by atoms with E-state index in [1.807, 2.05) is 18.2 Å². The largest absolute Gasteiger partial charge is 0.468 e. The molecule has 1 unspecified atom stereocenters. The Hall–Kier alpha value is -1.43. The summed E-state index contributed by atoms with van der Waals surface area (Å²) in [5, 5.41) is 3.34. The second kappa shape index (κ2) is 11.4. The number of carbonyl (C=O) groups excluding carboxylic acids is 1. The highest BCUT2D eigenvalue weighted by Gasteiger charge is 2.11. The Morgan fingerprint density at radius 3 is 2.75 bits per heavy atom. The SMILES string of the molecule is CCOC=O.c1ccc(CONC2CCCNC2)cc1. The van der Waals surface area contributed by atoms with Crippen LogP contribution in [0.4, 0.5) is 0 Å². The van der Waals surface area contributed by atoms with E-state index in [1.54, 1.807) is 6.92 Å². The van der Waals surface area contributed by atoms with E-state index in [-0.39, 0.29) is 0 Å². The van der Waals surface area contributed by atoms with Gasteiger partial charge in [-0.25, -0.2) is 0 Å².